The highest BCUT2D eigenvalue weighted by Crippen LogP contribution is 2.08. The number of nitrogens with one attached hydrogen (secondary N) is 1. The second-order valence-corrected chi connectivity index (χ2v) is 3.55. The Morgan fingerprint density at radius 1 is 1.44 bits per heavy atom. The van der Waals surface area contributed by atoms with Crippen molar-refractivity contribution in [2.75, 3.05) is 0 Å². The fourth-order valence-corrected chi connectivity index (χ4v) is 1.34. The van der Waals surface area contributed by atoms with Crippen LogP contribution >= 0.6 is 0 Å². The van der Waals surface area contributed by atoms with Crippen molar-refractivity contribution < 1.29 is 19.1 Å². The van der Waals surface area contributed by atoms with Gasteiger partial charge in [0.1, 0.15) is 6.26 Å². The van der Waals surface area contributed by atoms with Gasteiger partial charge in [0.05, 0.1) is 5.56 Å². The third-order valence-electron chi connectivity index (χ3n) is 2.25. The van der Waals surface area contributed by atoms with E-state index in [1.54, 1.807) is 18.5 Å². The zero-order valence-electron chi connectivity index (χ0n) is 9.29. The number of nitrogens with zero attached hydrogens (tertiary/aromatic N) is 1. The van der Waals surface area contributed by atoms with Gasteiger partial charge in [-0.1, -0.05) is 6.07 Å². The van der Waals surface area contributed by atoms with Crippen LogP contribution in [-0.4, -0.2) is 22.0 Å². The standard InChI is InChI=1S/C12H10N2O4/c15-11(10-4-9(7-18-10)12(16)17)14-6-8-2-1-3-13-5-8/h1-5,7H,6H2,(H,14,15)(H,16,17). The summed E-state index contributed by atoms with van der Waals surface area (Å²) < 4.78 is 4.87. The summed E-state index contributed by atoms with van der Waals surface area (Å²) in [5.41, 5.74) is 0.789. The highest BCUT2D eigenvalue weighted by atomic mass is 16.4. The zero-order chi connectivity index (χ0) is 13.0. The molecule has 2 heterocycles. The number of hydrogen-bond acceptors (Lipinski definition) is 4. The van der Waals surface area contributed by atoms with Gasteiger partial charge in [-0.3, -0.25) is 9.78 Å². The minimum atomic E-state index is -1.13. The molecule has 0 atom stereocenters. The topological polar surface area (TPSA) is 92.4 Å². The van der Waals surface area contributed by atoms with Crippen LogP contribution in [0, 0.1) is 0 Å². The molecule has 0 aromatic carbocycles. The van der Waals surface area contributed by atoms with Gasteiger partial charge in [-0.2, -0.15) is 0 Å². The lowest BCUT2D eigenvalue weighted by Crippen LogP contribution is -2.22. The van der Waals surface area contributed by atoms with Gasteiger partial charge in [0.25, 0.3) is 5.91 Å². The van der Waals surface area contributed by atoms with E-state index in [0.717, 1.165) is 11.8 Å². The highest BCUT2D eigenvalue weighted by molar-refractivity contribution is 5.95. The maximum Gasteiger partial charge on any atom is 0.338 e. The molecule has 0 aliphatic rings. The van der Waals surface area contributed by atoms with Crippen molar-refractivity contribution in [3.63, 3.8) is 0 Å². The van der Waals surface area contributed by atoms with Crippen LogP contribution in [0.25, 0.3) is 0 Å². The Bertz CT molecular complexity index is 562. The summed E-state index contributed by atoms with van der Waals surface area (Å²) in [6.07, 6.45) is 4.30. The molecular weight excluding hydrogens is 236 g/mol. The average Bonchev–Trinajstić information content (AvgIpc) is 2.87. The van der Waals surface area contributed by atoms with Gasteiger partial charge in [-0.15, -0.1) is 0 Å². The predicted molar refractivity (Wildman–Crippen MR) is 61.1 cm³/mol. The van der Waals surface area contributed by atoms with Crippen molar-refractivity contribution >= 4 is 11.9 Å². The van der Waals surface area contributed by atoms with E-state index in [0.29, 0.717) is 6.54 Å². The van der Waals surface area contributed by atoms with Crippen molar-refractivity contribution in [2.45, 2.75) is 6.54 Å². The van der Waals surface area contributed by atoms with E-state index in [4.69, 9.17) is 9.52 Å². The molecule has 0 unspecified atom stereocenters. The molecule has 18 heavy (non-hydrogen) atoms. The van der Waals surface area contributed by atoms with Crippen molar-refractivity contribution in [1.82, 2.24) is 10.3 Å². The average molecular weight is 246 g/mol. The van der Waals surface area contributed by atoms with E-state index < -0.39 is 11.9 Å². The number of carbonyl (C=O) groups excluding carboxylic acids is 1. The van der Waals surface area contributed by atoms with Crippen molar-refractivity contribution in [1.29, 1.82) is 0 Å². The molecular formula is C12H10N2O4. The Hall–Kier alpha value is -2.63. The molecule has 0 spiro atoms. The molecule has 6 nitrogen and oxygen atoms in total. The fourth-order valence-electron chi connectivity index (χ4n) is 1.34. The van der Waals surface area contributed by atoms with Gasteiger partial charge in [0.2, 0.25) is 0 Å². The number of aromatic carboxylic acids is 1. The largest absolute Gasteiger partial charge is 0.478 e. The van der Waals surface area contributed by atoms with Crippen molar-refractivity contribution in [2.24, 2.45) is 0 Å². The number of pyridine rings is 1. The van der Waals surface area contributed by atoms with Crippen LogP contribution in [0.1, 0.15) is 26.5 Å². The van der Waals surface area contributed by atoms with Crippen LogP contribution < -0.4 is 5.32 Å². The van der Waals surface area contributed by atoms with Crippen LogP contribution in [0.3, 0.4) is 0 Å². The molecule has 0 aliphatic heterocycles. The predicted octanol–water partition coefficient (Wildman–Crippen LogP) is 1.30. The summed E-state index contributed by atoms with van der Waals surface area (Å²) in [5.74, 6) is -1.63. The van der Waals surface area contributed by atoms with E-state index >= 15 is 0 Å². The van der Waals surface area contributed by atoms with Crippen molar-refractivity contribution in [3.05, 3.63) is 53.7 Å². The first kappa shape index (κ1) is 11.8. The first-order valence-corrected chi connectivity index (χ1v) is 5.16. The summed E-state index contributed by atoms with van der Waals surface area (Å²) in [7, 11) is 0. The first-order valence-electron chi connectivity index (χ1n) is 5.16. The molecule has 0 saturated heterocycles. The number of carbonyl (C=O) groups is 2. The number of hydrogen-bond donors (Lipinski definition) is 2. The van der Waals surface area contributed by atoms with Crippen LogP contribution in [0.4, 0.5) is 0 Å². The van der Waals surface area contributed by atoms with Crippen LogP contribution in [0.15, 0.2) is 41.3 Å². The SMILES string of the molecule is O=C(O)c1coc(C(=O)NCc2cccnc2)c1. The number of aromatic nitrogens is 1. The second kappa shape index (κ2) is 5.13. The van der Waals surface area contributed by atoms with E-state index in [9.17, 15) is 9.59 Å². The molecule has 92 valence electrons. The lowest BCUT2D eigenvalue weighted by atomic mass is 10.2. The maximum atomic E-state index is 11.6. The van der Waals surface area contributed by atoms with E-state index in [-0.39, 0.29) is 11.3 Å². The molecule has 6 heteroatoms. The summed E-state index contributed by atoms with van der Waals surface area (Å²) in [6.45, 7) is 0.301. The lowest BCUT2D eigenvalue weighted by molar-refractivity contribution is 0.0696. The van der Waals surface area contributed by atoms with Crippen LogP contribution in [0.2, 0.25) is 0 Å². The Balaban J connectivity index is 1.97. The number of rotatable bonds is 4. The maximum absolute atomic E-state index is 11.6. The summed E-state index contributed by atoms with van der Waals surface area (Å²) >= 11 is 0. The first-order chi connectivity index (χ1) is 8.66. The van der Waals surface area contributed by atoms with Gasteiger partial charge in [0.15, 0.2) is 5.76 Å². The van der Waals surface area contributed by atoms with Gasteiger partial charge >= 0.3 is 5.97 Å². The van der Waals surface area contributed by atoms with E-state index in [1.807, 2.05) is 6.07 Å². The summed E-state index contributed by atoms with van der Waals surface area (Å²) in [6, 6.07) is 4.76. The molecule has 2 rings (SSSR count). The molecule has 0 aliphatic carbocycles. The van der Waals surface area contributed by atoms with Gasteiger partial charge in [-0.25, -0.2) is 4.79 Å². The Kier molecular flexibility index (Phi) is 3.38. The molecule has 2 aromatic heterocycles. The minimum absolute atomic E-state index is 0.0312. The third kappa shape index (κ3) is 2.73. The Morgan fingerprint density at radius 3 is 2.89 bits per heavy atom. The second-order valence-electron chi connectivity index (χ2n) is 3.55. The van der Waals surface area contributed by atoms with E-state index in [2.05, 4.69) is 10.3 Å². The van der Waals surface area contributed by atoms with Gasteiger partial charge in [0, 0.05) is 25.0 Å². The molecule has 0 radical (unpaired) electrons. The molecule has 0 fully saturated rings. The van der Waals surface area contributed by atoms with E-state index in [1.165, 1.54) is 6.07 Å². The van der Waals surface area contributed by atoms with Crippen molar-refractivity contribution in [3.8, 4) is 0 Å². The molecule has 2 aromatic rings. The number of furan rings is 1. The normalized spacial score (nSPS) is 10.0. The van der Waals surface area contributed by atoms with Gasteiger partial charge in [-0.05, 0) is 11.6 Å². The molecule has 0 bridgehead atoms. The quantitative estimate of drug-likeness (QED) is 0.848. The Labute approximate surface area is 102 Å². The monoisotopic (exact) mass is 246 g/mol. The Morgan fingerprint density at radius 2 is 2.28 bits per heavy atom. The molecule has 2 N–H and O–H groups in total. The summed E-state index contributed by atoms with van der Waals surface area (Å²) in [5, 5.41) is 11.3. The minimum Gasteiger partial charge on any atom is -0.478 e. The number of carboxylic acid groups (broad SMARTS) is 1. The zero-order valence-corrected chi connectivity index (χ0v) is 9.29. The fraction of sp³-hybridized carbons (Fsp3) is 0.0833. The number of amides is 1. The lowest BCUT2D eigenvalue weighted by Gasteiger charge is -2.01. The molecule has 1 amide bonds. The third-order valence-corrected chi connectivity index (χ3v) is 2.25. The highest BCUT2D eigenvalue weighted by Gasteiger charge is 2.14. The molecule has 0 saturated carbocycles. The summed E-state index contributed by atoms with van der Waals surface area (Å²) in [4.78, 5) is 26.2. The smallest absolute Gasteiger partial charge is 0.338 e. The van der Waals surface area contributed by atoms with Gasteiger partial charge < -0.3 is 14.8 Å². The van der Waals surface area contributed by atoms with Crippen LogP contribution in [0.5, 0.6) is 0 Å². The number of carboxylic acids is 1. The van der Waals surface area contributed by atoms with Crippen LogP contribution in [-0.2, 0) is 6.54 Å².